The van der Waals surface area contributed by atoms with Gasteiger partial charge in [-0.05, 0) is 49.0 Å². The fourth-order valence-electron chi connectivity index (χ4n) is 7.15. The molecule has 0 aromatic carbocycles. The Morgan fingerprint density at radius 2 is 1.81 bits per heavy atom. The molecule has 42 heavy (non-hydrogen) atoms. The van der Waals surface area contributed by atoms with Gasteiger partial charge in [0.1, 0.15) is 29.8 Å². The molecule has 0 radical (unpaired) electrons. The first kappa shape index (κ1) is 31.4. The van der Waals surface area contributed by atoms with Crippen LogP contribution in [0.2, 0.25) is 0 Å². The van der Waals surface area contributed by atoms with Crippen molar-refractivity contribution in [1.29, 1.82) is 0 Å². The number of carbonyl (C=O) groups excluding carboxylic acids is 1. The number of fused-ring (bicyclic) bond motifs is 2. The van der Waals surface area contributed by atoms with Crippen LogP contribution in [-0.4, -0.2) is 75.9 Å². The second kappa shape index (κ2) is 12.1. The van der Waals surface area contributed by atoms with Crippen LogP contribution >= 0.6 is 0 Å². The van der Waals surface area contributed by atoms with Crippen LogP contribution in [0.25, 0.3) is 0 Å². The zero-order chi connectivity index (χ0) is 30.4. The maximum absolute atomic E-state index is 14.0. The molecule has 8 nitrogen and oxygen atoms in total. The Hall–Kier alpha value is -2.07. The number of rotatable bonds is 2. The fourth-order valence-corrected chi connectivity index (χ4v) is 7.15. The van der Waals surface area contributed by atoms with E-state index in [0.29, 0.717) is 36.3 Å². The molecule has 0 saturated carbocycles. The van der Waals surface area contributed by atoms with E-state index in [2.05, 4.69) is 26.8 Å². The van der Waals surface area contributed by atoms with Crippen LogP contribution in [0, 0.1) is 23.7 Å². The summed E-state index contributed by atoms with van der Waals surface area (Å²) < 4.78 is 25.5. The van der Waals surface area contributed by atoms with Gasteiger partial charge in [0.2, 0.25) is 0 Å². The van der Waals surface area contributed by atoms with Gasteiger partial charge in [-0.3, -0.25) is 4.79 Å². The van der Waals surface area contributed by atoms with Gasteiger partial charge in [0, 0.05) is 24.7 Å². The van der Waals surface area contributed by atoms with Gasteiger partial charge in [0.25, 0.3) is 0 Å². The predicted octanol–water partition coefficient (Wildman–Crippen LogP) is 4.31. The average Bonchev–Trinajstić information content (AvgIpc) is 3.30. The Balaban J connectivity index is 1.54. The quantitative estimate of drug-likeness (QED) is 0.325. The van der Waals surface area contributed by atoms with Crippen LogP contribution in [0.5, 0.6) is 0 Å². The highest BCUT2D eigenvalue weighted by molar-refractivity contribution is 5.78. The van der Waals surface area contributed by atoms with Gasteiger partial charge in [0.15, 0.2) is 5.79 Å². The summed E-state index contributed by atoms with van der Waals surface area (Å²) in [5.41, 5.74) is 0.101. The first-order valence-electron chi connectivity index (χ1n) is 15.6. The fraction of sp³-hybridized carbons (Fsp3) is 0.676. The van der Waals surface area contributed by atoms with Gasteiger partial charge in [-0.15, -0.1) is 0 Å². The van der Waals surface area contributed by atoms with Crippen LogP contribution < -0.4 is 0 Å². The minimum absolute atomic E-state index is 0.0464. The van der Waals surface area contributed by atoms with Crippen molar-refractivity contribution in [2.45, 2.75) is 115 Å². The largest absolute Gasteiger partial charge is 0.462 e. The molecule has 5 aliphatic rings. The Morgan fingerprint density at radius 1 is 1.05 bits per heavy atom. The van der Waals surface area contributed by atoms with Crippen molar-refractivity contribution in [3.05, 3.63) is 59.3 Å². The van der Waals surface area contributed by atoms with Gasteiger partial charge in [-0.2, -0.15) is 0 Å². The Morgan fingerprint density at radius 3 is 2.55 bits per heavy atom. The highest BCUT2D eigenvalue weighted by atomic mass is 16.7. The molecule has 3 N–H and O–H groups in total. The van der Waals surface area contributed by atoms with Crippen molar-refractivity contribution in [2.75, 3.05) is 6.61 Å². The molecule has 12 atom stereocenters. The number of hydrogen-bond donors (Lipinski definition) is 3. The Kier molecular flexibility index (Phi) is 9.06. The van der Waals surface area contributed by atoms with Crippen molar-refractivity contribution >= 4 is 5.97 Å². The van der Waals surface area contributed by atoms with Crippen LogP contribution in [0.15, 0.2) is 59.3 Å². The van der Waals surface area contributed by atoms with E-state index in [0.717, 1.165) is 12.0 Å². The van der Waals surface area contributed by atoms with Gasteiger partial charge in [-0.1, -0.05) is 70.6 Å². The molecule has 2 fully saturated rings. The molecule has 232 valence electrons. The van der Waals surface area contributed by atoms with Crippen LogP contribution in [0.1, 0.15) is 67.2 Å². The van der Waals surface area contributed by atoms with Crippen molar-refractivity contribution in [3.8, 4) is 0 Å². The summed E-state index contributed by atoms with van der Waals surface area (Å²) in [4.78, 5) is 14.0. The van der Waals surface area contributed by atoms with Crippen LogP contribution in [0.3, 0.4) is 0 Å². The zero-order valence-corrected chi connectivity index (χ0v) is 25.7. The molecule has 4 aliphatic heterocycles. The van der Waals surface area contributed by atoms with Gasteiger partial charge >= 0.3 is 5.97 Å². The third kappa shape index (κ3) is 5.74. The summed E-state index contributed by atoms with van der Waals surface area (Å²) in [6, 6.07) is 0. The highest BCUT2D eigenvalue weighted by Crippen LogP contribution is 2.47. The first-order valence-corrected chi connectivity index (χ1v) is 15.6. The minimum atomic E-state index is -1.77. The monoisotopic (exact) mass is 584 g/mol. The van der Waals surface area contributed by atoms with Gasteiger partial charge < -0.3 is 34.3 Å². The standard InChI is InChI=1S/C34H48O8/c1-7-19(2)30-22(5)13-14-33(42-30)17-26-16-25(41-33)12-11-21(4)28(35)20(3)9-8-10-24-18-39-31-29(36)23(6)15-27(32(37)40-26)34(24,31)38/h8-11,13-15,19-20,22,25-31,35-36,38H,7,12,16-18H2,1-6H3/b9-8+,21-11+,24-10+/t19?,20-,22-,25+,26-,27?,28-,29+,30+,31+,33+,34+/m0/s1. The number of aliphatic hydroxyl groups excluding tert-OH is 2. The maximum atomic E-state index is 14.0. The van der Waals surface area contributed by atoms with E-state index in [9.17, 15) is 20.1 Å². The summed E-state index contributed by atoms with van der Waals surface area (Å²) in [6.45, 7) is 12.1. The summed E-state index contributed by atoms with van der Waals surface area (Å²) in [7, 11) is 0. The molecule has 5 rings (SSSR count). The zero-order valence-electron chi connectivity index (χ0n) is 25.7. The second-order valence-electron chi connectivity index (χ2n) is 13.2. The molecule has 0 amide bonds. The van der Waals surface area contributed by atoms with Gasteiger partial charge in [0.05, 0.1) is 24.9 Å². The topological polar surface area (TPSA) is 115 Å². The lowest BCUT2D eigenvalue weighted by Crippen LogP contribution is -2.58. The maximum Gasteiger partial charge on any atom is 0.316 e. The van der Waals surface area contributed by atoms with E-state index in [1.54, 1.807) is 25.2 Å². The van der Waals surface area contributed by atoms with Gasteiger partial charge in [-0.25, -0.2) is 0 Å². The second-order valence-corrected chi connectivity index (χ2v) is 13.2. The Labute approximate surface area is 249 Å². The van der Waals surface area contributed by atoms with E-state index in [1.807, 2.05) is 32.1 Å². The molecular weight excluding hydrogens is 536 g/mol. The summed E-state index contributed by atoms with van der Waals surface area (Å²) in [5.74, 6) is -2.35. The summed E-state index contributed by atoms with van der Waals surface area (Å²) in [6.07, 6.45) is 11.7. The third-order valence-electron chi connectivity index (χ3n) is 10.1. The van der Waals surface area contributed by atoms with Crippen molar-refractivity contribution in [1.82, 2.24) is 0 Å². The van der Waals surface area contributed by atoms with E-state index in [1.165, 1.54) is 0 Å². The number of esters is 1. The van der Waals surface area contributed by atoms with Crippen LogP contribution in [0.4, 0.5) is 0 Å². The van der Waals surface area contributed by atoms with E-state index in [-0.39, 0.29) is 30.7 Å². The van der Waals surface area contributed by atoms with E-state index >= 15 is 0 Å². The number of allylic oxidation sites excluding steroid dienone is 2. The lowest BCUT2D eigenvalue weighted by molar-refractivity contribution is -0.300. The Bertz CT molecular complexity index is 1180. The minimum Gasteiger partial charge on any atom is -0.462 e. The smallest absolute Gasteiger partial charge is 0.316 e. The molecule has 2 bridgehead atoms. The molecule has 0 aromatic heterocycles. The van der Waals surface area contributed by atoms with Crippen LogP contribution in [-0.2, 0) is 23.7 Å². The third-order valence-corrected chi connectivity index (χ3v) is 10.1. The number of ether oxygens (including phenoxy) is 4. The summed E-state index contributed by atoms with van der Waals surface area (Å²) in [5, 5.41) is 34.0. The molecule has 2 saturated heterocycles. The number of aliphatic hydroxyl groups is 3. The van der Waals surface area contributed by atoms with Crippen molar-refractivity contribution in [2.24, 2.45) is 23.7 Å². The van der Waals surface area contributed by atoms with E-state index < -0.39 is 47.7 Å². The molecule has 0 aromatic rings. The normalized spacial score (nSPS) is 48.3. The van der Waals surface area contributed by atoms with E-state index in [4.69, 9.17) is 18.9 Å². The average molecular weight is 585 g/mol. The lowest BCUT2D eigenvalue weighted by Gasteiger charge is -2.48. The number of hydrogen-bond acceptors (Lipinski definition) is 8. The molecule has 8 heteroatoms. The molecule has 4 heterocycles. The van der Waals surface area contributed by atoms with Crippen molar-refractivity contribution in [3.63, 3.8) is 0 Å². The van der Waals surface area contributed by atoms with Crippen molar-refractivity contribution < 1.29 is 39.1 Å². The molecule has 1 spiro atoms. The highest BCUT2D eigenvalue weighted by Gasteiger charge is 2.60. The summed E-state index contributed by atoms with van der Waals surface area (Å²) >= 11 is 0. The molecule has 2 unspecified atom stereocenters. The lowest BCUT2D eigenvalue weighted by atomic mass is 9.71. The first-order chi connectivity index (χ1) is 19.9. The SMILES string of the molecule is CCC(C)[C@H]1O[C@]2(C=C[C@@H]1C)C[C@@H]1C[C@@H](C/C=C(\C)[C@@H](O)[C@@H](C)/C=C/C=C3\CO[C@@H]4[C@H](O)C(C)=CC(C(=O)O1)[C@]34O)O2. The predicted molar refractivity (Wildman–Crippen MR) is 158 cm³/mol. The molecule has 1 aliphatic carbocycles. The number of carbonyl (C=O) groups is 1. The molecular formula is C34H48O8.